The minimum Gasteiger partial charge on any atom is -0.367 e. The van der Waals surface area contributed by atoms with Crippen LogP contribution in [0.15, 0.2) is 42.6 Å². The zero-order valence-corrected chi connectivity index (χ0v) is 13.6. The van der Waals surface area contributed by atoms with E-state index in [1.54, 1.807) is 23.2 Å². The molecule has 1 saturated heterocycles. The summed E-state index contributed by atoms with van der Waals surface area (Å²) in [6, 6.07) is 11.2. The molecular weight excluding hydrogens is 304 g/mol. The highest BCUT2D eigenvalue weighted by molar-refractivity contribution is 6.04. The van der Waals surface area contributed by atoms with Gasteiger partial charge in [-0.05, 0) is 30.7 Å². The largest absolute Gasteiger partial charge is 0.367 e. The number of piperazine rings is 1. The molecule has 0 radical (unpaired) electrons. The molecule has 0 saturated carbocycles. The van der Waals surface area contributed by atoms with Crippen LogP contribution >= 0.6 is 0 Å². The van der Waals surface area contributed by atoms with Gasteiger partial charge in [0.1, 0.15) is 5.82 Å². The van der Waals surface area contributed by atoms with Gasteiger partial charge in [0.05, 0.1) is 11.9 Å². The van der Waals surface area contributed by atoms with E-state index < -0.39 is 0 Å². The summed E-state index contributed by atoms with van der Waals surface area (Å²) in [6.07, 6.45) is 2.64. The zero-order valence-electron chi connectivity index (χ0n) is 13.6. The fourth-order valence-electron chi connectivity index (χ4n) is 2.74. The van der Waals surface area contributed by atoms with Crippen molar-refractivity contribution in [3.8, 4) is 0 Å². The monoisotopic (exact) mass is 324 g/mol. The molecule has 0 aliphatic carbocycles. The molecule has 0 atom stereocenters. The van der Waals surface area contributed by atoms with Crippen LogP contribution in [-0.2, 0) is 4.79 Å². The average molecular weight is 324 g/mol. The number of anilines is 2. The Morgan fingerprint density at radius 1 is 1.12 bits per heavy atom. The first kappa shape index (κ1) is 16.0. The highest BCUT2D eigenvalue weighted by Crippen LogP contribution is 2.17. The molecule has 1 aliphatic heterocycles. The number of nitrogens with one attached hydrogen (secondary N) is 1. The molecular formula is C18H20N4O2. The van der Waals surface area contributed by atoms with Crippen LogP contribution in [-0.4, -0.2) is 48.4 Å². The Hall–Kier alpha value is -2.89. The Morgan fingerprint density at radius 2 is 1.88 bits per heavy atom. The molecule has 2 heterocycles. The summed E-state index contributed by atoms with van der Waals surface area (Å²) in [5.41, 5.74) is 2.57. The fraction of sp³-hybridized carbons (Fsp3) is 0.278. The SMILES string of the molecule is Cc1ccccc1C(=O)Nc1ccc(N2CCN(C=O)CC2)cn1. The van der Waals surface area contributed by atoms with Crippen molar-refractivity contribution in [2.45, 2.75) is 6.92 Å². The van der Waals surface area contributed by atoms with E-state index in [9.17, 15) is 9.59 Å². The van der Waals surface area contributed by atoms with Crippen molar-refractivity contribution in [3.05, 3.63) is 53.7 Å². The first-order valence-electron chi connectivity index (χ1n) is 7.95. The van der Waals surface area contributed by atoms with Crippen molar-refractivity contribution in [1.82, 2.24) is 9.88 Å². The van der Waals surface area contributed by atoms with Crippen LogP contribution in [0.5, 0.6) is 0 Å². The number of benzene rings is 1. The number of amides is 2. The van der Waals surface area contributed by atoms with Crippen LogP contribution in [0.2, 0.25) is 0 Å². The molecule has 6 heteroatoms. The van der Waals surface area contributed by atoms with Gasteiger partial charge in [-0.25, -0.2) is 4.98 Å². The van der Waals surface area contributed by atoms with E-state index in [2.05, 4.69) is 15.2 Å². The van der Waals surface area contributed by atoms with Crippen molar-refractivity contribution in [2.24, 2.45) is 0 Å². The van der Waals surface area contributed by atoms with Gasteiger partial charge in [0.25, 0.3) is 5.91 Å². The van der Waals surface area contributed by atoms with Gasteiger partial charge in [-0.15, -0.1) is 0 Å². The number of hydrogen-bond donors (Lipinski definition) is 1. The second-order valence-corrected chi connectivity index (χ2v) is 5.80. The van der Waals surface area contributed by atoms with Crippen LogP contribution in [0, 0.1) is 6.92 Å². The molecule has 0 bridgehead atoms. The lowest BCUT2D eigenvalue weighted by atomic mass is 10.1. The van der Waals surface area contributed by atoms with Gasteiger partial charge in [0.15, 0.2) is 0 Å². The van der Waals surface area contributed by atoms with Gasteiger partial charge in [0, 0.05) is 31.7 Å². The number of nitrogens with zero attached hydrogens (tertiary/aromatic N) is 3. The molecule has 1 aliphatic rings. The average Bonchev–Trinajstić information content (AvgIpc) is 2.63. The highest BCUT2D eigenvalue weighted by atomic mass is 16.1. The highest BCUT2D eigenvalue weighted by Gasteiger charge is 2.16. The van der Waals surface area contributed by atoms with Crippen LogP contribution < -0.4 is 10.2 Å². The Morgan fingerprint density at radius 3 is 2.50 bits per heavy atom. The topological polar surface area (TPSA) is 65.5 Å². The maximum atomic E-state index is 12.3. The van der Waals surface area contributed by atoms with Crippen molar-refractivity contribution in [1.29, 1.82) is 0 Å². The molecule has 124 valence electrons. The first-order valence-corrected chi connectivity index (χ1v) is 7.95. The quantitative estimate of drug-likeness (QED) is 0.873. The summed E-state index contributed by atoms with van der Waals surface area (Å²) in [5.74, 6) is 0.367. The second kappa shape index (κ2) is 7.12. The number of carbonyl (C=O) groups is 2. The van der Waals surface area contributed by atoms with Gasteiger partial charge < -0.3 is 15.1 Å². The lowest BCUT2D eigenvalue weighted by Gasteiger charge is -2.33. The van der Waals surface area contributed by atoms with Gasteiger partial charge in [-0.1, -0.05) is 18.2 Å². The number of aryl methyl sites for hydroxylation is 1. The van der Waals surface area contributed by atoms with E-state index in [0.717, 1.165) is 43.8 Å². The Labute approximate surface area is 141 Å². The molecule has 2 aromatic rings. The standard InChI is InChI=1S/C18H20N4O2/c1-14-4-2-3-5-16(14)18(24)20-17-7-6-15(12-19-17)22-10-8-21(13-23)9-11-22/h2-7,12-13H,8-11H2,1H3,(H,19,20,24). The Balaban J connectivity index is 1.64. The van der Waals surface area contributed by atoms with Gasteiger partial charge in [-0.2, -0.15) is 0 Å². The number of pyridine rings is 1. The minimum absolute atomic E-state index is 0.159. The number of carbonyl (C=O) groups excluding carboxylic acids is 2. The lowest BCUT2D eigenvalue weighted by Crippen LogP contribution is -2.45. The summed E-state index contributed by atoms with van der Waals surface area (Å²) < 4.78 is 0. The maximum Gasteiger partial charge on any atom is 0.257 e. The summed E-state index contributed by atoms with van der Waals surface area (Å²) in [4.78, 5) is 31.3. The third-order valence-corrected chi connectivity index (χ3v) is 4.21. The smallest absolute Gasteiger partial charge is 0.257 e. The molecule has 1 N–H and O–H groups in total. The normalized spacial score (nSPS) is 14.4. The van der Waals surface area contributed by atoms with Crippen molar-refractivity contribution in [2.75, 3.05) is 36.4 Å². The molecule has 1 aromatic carbocycles. The van der Waals surface area contributed by atoms with E-state index >= 15 is 0 Å². The van der Waals surface area contributed by atoms with Crippen LogP contribution in [0.4, 0.5) is 11.5 Å². The van der Waals surface area contributed by atoms with Gasteiger partial charge >= 0.3 is 0 Å². The van der Waals surface area contributed by atoms with Crippen molar-refractivity contribution < 1.29 is 9.59 Å². The van der Waals surface area contributed by atoms with Crippen LogP contribution in [0.25, 0.3) is 0 Å². The minimum atomic E-state index is -0.159. The third-order valence-electron chi connectivity index (χ3n) is 4.21. The molecule has 0 unspecified atom stereocenters. The van der Waals surface area contributed by atoms with E-state index in [1.165, 1.54) is 0 Å². The molecule has 1 fully saturated rings. The first-order chi connectivity index (χ1) is 11.7. The van der Waals surface area contributed by atoms with Crippen LogP contribution in [0.3, 0.4) is 0 Å². The van der Waals surface area contributed by atoms with E-state index in [-0.39, 0.29) is 5.91 Å². The second-order valence-electron chi connectivity index (χ2n) is 5.80. The lowest BCUT2D eigenvalue weighted by molar-refractivity contribution is -0.118. The summed E-state index contributed by atoms with van der Waals surface area (Å²) in [6.45, 7) is 4.92. The predicted molar refractivity (Wildman–Crippen MR) is 93.2 cm³/mol. The van der Waals surface area contributed by atoms with Gasteiger partial charge in [-0.3, -0.25) is 9.59 Å². The number of aromatic nitrogens is 1. The third kappa shape index (κ3) is 3.53. The van der Waals surface area contributed by atoms with Crippen molar-refractivity contribution in [3.63, 3.8) is 0 Å². The Kier molecular flexibility index (Phi) is 4.74. The summed E-state index contributed by atoms with van der Waals surface area (Å²) >= 11 is 0. The summed E-state index contributed by atoms with van der Waals surface area (Å²) in [5, 5.41) is 2.82. The molecule has 3 rings (SSSR count). The molecule has 2 amide bonds. The van der Waals surface area contributed by atoms with E-state index in [0.29, 0.717) is 11.4 Å². The van der Waals surface area contributed by atoms with E-state index in [1.807, 2.05) is 31.2 Å². The maximum absolute atomic E-state index is 12.3. The van der Waals surface area contributed by atoms with Crippen LogP contribution in [0.1, 0.15) is 15.9 Å². The van der Waals surface area contributed by atoms with Crippen molar-refractivity contribution >= 4 is 23.8 Å². The summed E-state index contributed by atoms with van der Waals surface area (Å²) in [7, 11) is 0. The zero-order chi connectivity index (χ0) is 16.9. The molecule has 0 spiro atoms. The molecule has 1 aromatic heterocycles. The molecule has 6 nitrogen and oxygen atoms in total. The number of rotatable bonds is 4. The number of hydrogen-bond acceptors (Lipinski definition) is 4. The van der Waals surface area contributed by atoms with E-state index in [4.69, 9.17) is 0 Å². The Bertz CT molecular complexity index is 722. The fourth-order valence-corrected chi connectivity index (χ4v) is 2.74. The van der Waals surface area contributed by atoms with Gasteiger partial charge in [0.2, 0.25) is 6.41 Å². The molecule has 24 heavy (non-hydrogen) atoms. The predicted octanol–water partition coefficient (Wildman–Crippen LogP) is 1.92.